The van der Waals surface area contributed by atoms with Crippen molar-refractivity contribution in [1.82, 2.24) is 20.4 Å². The zero-order chi connectivity index (χ0) is 21.4. The van der Waals surface area contributed by atoms with Gasteiger partial charge in [0.15, 0.2) is 17.3 Å². The number of aromatic nitrogens is 2. The highest BCUT2D eigenvalue weighted by Gasteiger charge is 2.34. The van der Waals surface area contributed by atoms with Crippen LogP contribution in [-0.4, -0.2) is 61.3 Å². The van der Waals surface area contributed by atoms with Crippen molar-refractivity contribution in [1.29, 1.82) is 0 Å². The van der Waals surface area contributed by atoms with Crippen LogP contribution >= 0.6 is 0 Å². The van der Waals surface area contributed by atoms with Crippen molar-refractivity contribution in [2.24, 2.45) is 0 Å². The summed E-state index contributed by atoms with van der Waals surface area (Å²) in [5.41, 5.74) is 2.87. The monoisotopic (exact) mass is 420 g/mol. The Morgan fingerprint density at radius 3 is 2.77 bits per heavy atom. The highest BCUT2D eigenvalue weighted by Crippen LogP contribution is 2.46. The SMILES string of the molecule is COc1cc2c(c(CN3CCNCC3)c1OC)O/C(=C\c1n[nH]c3ccccc13)C2=O. The molecule has 31 heavy (non-hydrogen) atoms. The fourth-order valence-electron chi connectivity index (χ4n) is 4.18. The molecule has 0 amide bonds. The minimum atomic E-state index is -0.190. The Bertz CT molecular complexity index is 1180. The number of methoxy groups -OCH3 is 2. The van der Waals surface area contributed by atoms with Gasteiger partial charge in [0.1, 0.15) is 5.75 Å². The van der Waals surface area contributed by atoms with Gasteiger partial charge in [-0.25, -0.2) is 0 Å². The van der Waals surface area contributed by atoms with Crippen molar-refractivity contribution in [2.75, 3.05) is 40.4 Å². The normalized spacial score (nSPS) is 17.7. The molecule has 0 saturated carbocycles. The zero-order valence-electron chi connectivity index (χ0n) is 17.5. The molecule has 3 heterocycles. The molecule has 2 aromatic carbocycles. The number of nitrogens with zero attached hydrogens (tertiary/aromatic N) is 2. The largest absolute Gasteiger partial charge is 0.493 e. The quantitative estimate of drug-likeness (QED) is 0.614. The van der Waals surface area contributed by atoms with Crippen LogP contribution in [-0.2, 0) is 6.54 Å². The number of allylic oxidation sites excluding steroid dienone is 1. The van der Waals surface area contributed by atoms with E-state index in [-0.39, 0.29) is 11.5 Å². The number of hydrogen-bond acceptors (Lipinski definition) is 7. The van der Waals surface area contributed by atoms with Crippen LogP contribution in [0, 0.1) is 0 Å². The molecule has 0 atom stereocenters. The topological polar surface area (TPSA) is 88.7 Å². The summed E-state index contributed by atoms with van der Waals surface area (Å²) < 4.78 is 17.3. The van der Waals surface area contributed by atoms with Gasteiger partial charge in [-0.05, 0) is 12.1 Å². The summed E-state index contributed by atoms with van der Waals surface area (Å²) in [6.07, 6.45) is 1.69. The summed E-state index contributed by atoms with van der Waals surface area (Å²) in [6, 6.07) is 9.47. The molecule has 1 fully saturated rings. The van der Waals surface area contributed by atoms with Crippen LogP contribution in [0.25, 0.3) is 17.0 Å². The number of nitrogens with one attached hydrogen (secondary N) is 2. The van der Waals surface area contributed by atoms with E-state index in [1.807, 2.05) is 24.3 Å². The number of H-pyrrole nitrogens is 1. The molecule has 0 radical (unpaired) electrons. The number of ketones is 1. The van der Waals surface area contributed by atoms with Crippen molar-refractivity contribution in [3.8, 4) is 17.2 Å². The predicted octanol–water partition coefficient (Wildman–Crippen LogP) is 2.60. The number of piperazine rings is 1. The number of rotatable bonds is 5. The van der Waals surface area contributed by atoms with E-state index < -0.39 is 0 Å². The van der Waals surface area contributed by atoms with Crippen molar-refractivity contribution < 1.29 is 19.0 Å². The average molecular weight is 420 g/mol. The summed E-state index contributed by atoms with van der Waals surface area (Å²) in [5.74, 6) is 1.70. The summed E-state index contributed by atoms with van der Waals surface area (Å²) in [7, 11) is 3.18. The Labute approximate surface area is 179 Å². The van der Waals surface area contributed by atoms with Crippen molar-refractivity contribution in [3.63, 3.8) is 0 Å². The third-order valence-electron chi connectivity index (χ3n) is 5.76. The maximum absolute atomic E-state index is 13.2. The summed E-state index contributed by atoms with van der Waals surface area (Å²) in [4.78, 5) is 15.5. The average Bonchev–Trinajstić information content (AvgIpc) is 3.36. The lowest BCUT2D eigenvalue weighted by Crippen LogP contribution is -2.43. The van der Waals surface area contributed by atoms with Gasteiger partial charge >= 0.3 is 0 Å². The Hall–Kier alpha value is -3.36. The van der Waals surface area contributed by atoms with E-state index in [1.54, 1.807) is 26.4 Å². The maximum Gasteiger partial charge on any atom is 0.232 e. The molecular weight excluding hydrogens is 396 g/mol. The Kier molecular flexibility index (Phi) is 5.09. The first-order valence-corrected chi connectivity index (χ1v) is 10.3. The van der Waals surface area contributed by atoms with Gasteiger partial charge in [0.05, 0.1) is 36.6 Å². The number of para-hydroxylation sites is 1. The van der Waals surface area contributed by atoms with E-state index in [0.29, 0.717) is 35.1 Å². The van der Waals surface area contributed by atoms with Gasteiger partial charge in [-0.15, -0.1) is 0 Å². The van der Waals surface area contributed by atoms with Crippen molar-refractivity contribution in [3.05, 3.63) is 52.9 Å². The molecule has 8 heteroatoms. The lowest BCUT2D eigenvalue weighted by molar-refractivity contribution is 0.101. The second kappa shape index (κ2) is 8.05. The minimum Gasteiger partial charge on any atom is -0.493 e. The number of Topliss-reactive ketones (excluding diaryl/α,β-unsaturated/α-hetero) is 1. The number of benzene rings is 2. The van der Waals surface area contributed by atoms with Gasteiger partial charge in [-0.1, -0.05) is 18.2 Å². The zero-order valence-corrected chi connectivity index (χ0v) is 17.5. The molecule has 8 nitrogen and oxygen atoms in total. The number of aromatic amines is 1. The first-order valence-electron chi connectivity index (χ1n) is 10.3. The lowest BCUT2D eigenvalue weighted by Gasteiger charge is -2.28. The number of fused-ring (bicyclic) bond motifs is 2. The van der Waals surface area contributed by atoms with Crippen LogP contribution in [0.3, 0.4) is 0 Å². The molecule has 3 aromatic rings. The highest BCUT2D eigenvalue weighted by atomic mass is 16.5. The van der Waals surface area contributed by atoms with E-state index in [1.165, 1.54) is 0 Å². The van der Waals surface area contributed by atoms with Crippen LogP contribution in [0.5, 0.6) is 17.2 Å². The molecule has 0 spiro atoms. The maximum atomic E-state index is 13.2. The second-order valence-corrected chi connectivity index (χ2v) is 7.59. The Morgan fingerprint density at radius 2 is 2.00 bits per heavy atom. The summed E-state index contributed by atoms with van der Waals surface area (Å²) in [6.45, 7) is 4.27. The van der Waals surface area contributed by atoms with E-state index in [0.717, 1.165) is 42.6 Å². The number of hydrogen-bond donors (Lipinski definition) is 2. The Balaban J connectivity index is 1.57. The molecule has 0 aliphatic carbocycles. The van der Waals surface area contributed by atoms with Gasteiger partial charge < -0.3 is 19.5 Å². The van der Waals surface area contributed by atoms with Crippen LogP contribution in [0.2, 0.25) is 0 Å². The molecule has 2 aliphatic heterocycles. The van der Waals surface area contributed by atoms with E-state index in [4.69, 9.17) is 14.2 Å². The minimum absolute atomic E-state index is 0.190. The van der Waals surface area contributed by atoms with Crippen LogP contribution in [0.4, 0.5) is 0 Å². The van der Waals surface area contributed by atoms with Crippen LogP contribution in [0.1, 0.15) is 21.6 Å². The first kappa shape index (κ1) is 19.6. The molecule has 5 rings (SSSR count). The second-order valence-electron chi connectivity index (χ2n) is 7.59. The third-order valence-corrected chi connectivity index (χ3v) is 5.76. The van der Waals surface area contributed by atoms with E-state index in [2.05, 4.69) is 20.4 Å². The van der Waals surface area contributed by atoms with E-state index >= 15 is 0 Å². The molecule has 0 unspecified atom stereocenters. The van der Waals surface area contributed by atoms with Crippen molar-refractivity contribution in [2.45, 2.75) is 6.54 Å². The molecular formula is C23H24N4O4. The van der Waals surface area contributed by atoms with Crippen molar-refractivity contribution >= 4 is 22.8 Å². The number of ether oxygens (including phenoxy) is 3. The van der Waals surface area contributed by atoms with Gasteiger partial charge in [-0.2, -0.15) is 5.10 Å². The molecule has 1 aromatic heterocycles. The summed E-state index contributed by atoms with van der Waals surface area (Å²) in [5, 5.41) is 11.6. The van der Waals surface area contributed by atoms with Gasteiger partial charge in [0.2, 0.25) is 5.78 Å². The van der Waals surface area contributed by atoms with Crippen LogP contribution < -0.4 is 19.5 Å². The number of carbonyl (C=O) groups is 1. The first-order chi connectivity index (χ1) is 15.2. The van der Waals surface area contributed by atoms with Gasteiger partial charge in [-0.3, -0.25) is 14.8 Å². The molecule has 2 aliphatic rings. The smallest absolute Gasteiger partial charge is 0.232 e. The standard InChI is InChI=1S/C23H24N4O4/c1-29-20-11-15-21(28)19(12-18-14-5-3-4-6-17(14)25-26-18)31-22(15)16(23(20)30-2)13-27-9-7-24-8-10-27/h3-6,11-12,24H,7-10,13H2,1-2H3,(H,25,26)/b19-12-. The number of carbonyl (C=O) groups excluding carboxylic acids is 1. The fraction of sp³-hybridized carbons (Fsp3) is 0.304. The molecule has 0 bridgehead atoms. The fourth-order valence-corrected chi connectivity index (χ4v) is 4.18. The lowest BCUT2D eigenvalue weighted by atomic mass is 10.0. The Morgan fingerprint density at radius 1 is 1.19 bits per heavy atom. The summed E-state index contributed by atoms with van der Waals surface area (Å²) >= 11 is 0. The third kappa shape index (κ3) is 3.43. The molecule has 1 saturated heterocycles. The highest BCUT2D eigenvalue weighted by molar-refractivity contribution is 6.15. The van der Waals surface area contributed by atoms with Crippen LogP contribution in [0.15, 0.2) is 36.1 Å². The van der Waals surface area contributed by atoms with Gasteiger partial charge in [0, 0.05) is 44.2 Å². The van der Waals surface area contributed by atoms with E-state index in [9.17, 15) is 4.79 Å². The predicted molar refractivity (Wildman–Crippen MR) is 117 cm³/mol. The molecule has 160 valence electrons. The molecule has 2 N–H and O–H groups in total. The van der Waals surface area contributed by atoms with Gasteiger partial charge in [0.25, 0.3) is 0 Å².